The van der Waals surface area contributed by atoms with E-state index in [1.165, 1.54) is 17.9 Å². The molecule has 0 saturated carbocycles. The van der Waals surface area contributed by atoms with Gasteiger partial charge in [0.1, 0.15) is 0 Å². The Morgan fingerprint density at radius 2 is 1.94 bits per heavy atom. The second-order valence-electron chi connectivity index (χ2n) is 4.78. The van der Waals surface area contributed by atoms with Crippen molar-refractivity contribution < 1.29 is 9.84 Å². The van der Waals surface area contributed by atoms with E-state index in [4.69, 9.17) is 4.74 Å². The number of methoxy groups -OCH3 is 1. The predicted octanol–water partition coefficient (Wildman–Crippen LogP) is 2.68. The van der Waals surface area contributed by atoms with E-state index in [2.05, 4.69) is 19.2 Å². The van der Waals surface area contributed by atoms with Crippen molar-refractivity contribution in [1.82, 2.24) is 5.32 Å². The first-order chi connectivity index (χ1) is 8.74. The molecule has 18 heavy (non-hydrogen) atoms. The number of ether oxygens (including phenoxy) is 1. The molecule has 1 atom stereocenters. The van der Waals surface area contributed by atoms with E-state index in [0.29, 0.717) is 0 Å². The molecular weight excluding hydrogens is 246 g/mol. The van der Waals surface area contributed by atoms with Crippen LogP contribution in [0.15, 0.2) is 0 Å². The summed E-state index contributed by atoms with van der Waals surface area (Å²) in [6.07, 6.45) is 5.49. The fourth-order valence-corrected chi connectivity index (χ4v) is 2.82. The topological polar surface area (TPSA) is 41.5 Å². The monoisotopic (exact) mass is 277 g/mol. The zero-order chi connectivity index (χ0) is 13.7. The SMILES string of the molecule is CCCNC(CC)(CO)CCCSCCCOC. The van der Waals surface area contributed by atoms with Gasteiger partial charge in [0.2, 0.25) is 0 Å². The molecule has 0 amide bonds. The van der Waals surface area contributed by atoms with Gasteiger partial charge in [-0.3, -0.25) is 0 Å². The van der Waals surface area contributed by atoms with E-state index in [0.717, 1.165) is 38.8 Å². The quantitative estimate of drug-likeness (QED) is 0.508. The second-order valence-corrected chi connectivity index (χ2v) is 6.01. The Morgan fingerprint density at radius 3 is 2.50 bits per heavy atom. The molecule has 3 nitrogen and oxygen atoms in total. The average Bonchev–Trinajstić information content (AvgIpc) is 2.42. The zero-order valence-electron chi connectivity index (χ0n) is 12.3. The van der Waals surface area contributed by atoms with E-state index < -0.39 is 0 Å². The molecule has 0 heterocycles. The van der Waals surface area contributed by atoms with Crippen LogP contribution in [0.2, 0.25) is 0 Å². The highest BCUT2D eigenvalue weighted by molar-refractivity contribution is 7.99. The molecule has 110 valence electrons. The van der Waals surface area contributed by atoms with Gasteiger partial charge in [0.25, 0.3) is 0 Å². The Hall–Kier alpha value is 0.230. The van der Waals surface area contributed by atoms with Gasteiger partial charge in [-0.2, -0.15) is 11.8 Å². The lowest BCUT2D eigenvalue weighted by molar-refractivity contribution is 0.146. The largest absolute Gasteiger partial charge is 0.394 e. The van der Waals surface area contributed by atoms with E-state index in [1.54, 1.807) is 7.11 Å². The smallest absolute Gasteiger partial charge is 0.0613 e. The fourth-order valence-electron chi connectivity index (χ4n) is 1.95. The molecule has 1 unspecified atom stereocenters. The van der Waals surface area contributed by atoms with Gasteiger partial charge in [-0.25, -0.2) is 0 Å². The lowest BCUT2D eigenvalue weighted by Gasteiger charge is -2.32. The molecule has 2 N–H and O–H groups in total. The first-order valence-corrected chi connectivity index (χ1v) is 8.32. The number of thioether (sulfide) groups is 1. The van der Waals surface area contributed by atoms with Crippen LogP contribution in [0.5, 0.6) is 0 Å². The third-order valence-corrected chi connectivity index (χ3v) is 4.47. The summed E-state index contributed by atoms with van der Waals surface area (Å²) in [5.41, 5.74) is -0.0525. The Morgan fingerprint density at radius 1 is 1.22 bits per heavy atom. The number of hydrogen-bond donors (Lipinski definition) is 2. The van der Waals surface area contributed by atoms with Crippen LogP contribution in [0, 0.1) is 0 Å². The zero-order valence-corrected chi connectivity index (χ0v) is 13.2. The highest BCUT2D eigenvalue weighted by Crippen LogP contribution is 2.19. The summed E-state index contributed by atoms with van der Waals surface area (Å²) in [6, 6.07) is 0. The van der Waals surface area contributed by atoms with Gasteiger partial charge in [0.15, 0.2) is 0 Å². The Balaban J connectivity index is 3.69. The predicted molar refractivity (Wildman–Crippen MR) is 81.5 cm³/mol. The maximum atomic E-state index is 9.59. The molecule has 0 aromatic carbocycles. The summed E-state index contributed by atoms with van der Waals surface area (Å²) in [5, 5.41) is 13.1. The molecule has 4 heteroatoms. The van der Waals surface area contributed by atoms with Gasteiger partial charge in [-0.05, 0) is 50.2 Å². The van der Waals surface area contributed by atoms with E-state index in [9.17, 15) is 5.11 Å². The molecule has 0 fully saturated rings. The van der Waals surface area contributed by atoms with Crippen LogP contribution in [0.25, 0.3) is 0 Å². The van der Waals surface area contributed by atoms with E-state index in [1.807, 2.05) is 11.8 Å². The van der Waals surface area contributed by atoms with Crippen LogP contribution in [0.3, 0.4) is 0 Å². The van der Waals surface area contributed by atoms with Crippen molar-refractivity contribution >= 4 is 11.8 Å². The van der Waals surface area contributed by atoms with Gasteiger partial charge in [0, 0.05) is 19.3 Å². The third kappa shape index (κ3) is 8.35. The summed E-state index contributed by atoms with van der Waals surface area (Å²) in [5.74, 6) is 2.35. The van der Waals surface area contributed by atoms with Crippen molar-refractivity contribution in [1.29, 1.82) is 0 Å². The first kappa shape index (κ1) is 18.2. The maximum absolute atomic E-state index is 9.59. The maximum Gasteiger partial charge on any atom is 0.0613 e. The molecular formula is C14H31NO2S. The van der Waals surface area contributed by atoms with Crippen molar-refractivity contribution in [3.05, 3.63) is 0 Å². The lowest BCUT2D eigenvalue weighted by atomic mass is 9.91. The molecule has 0 aromatic heterocycles. The summed E-state index contributed by atoms with van der Waals surface area (Å²) in [6.45, 7) is 6.43. The highest BCUT2D eigenvalue weighted by Gasteiger charge is 2.25. The van der Waals surface area contributed by atoms with Gasteiger partial charge in [0.05, 0.1) is 6.61 Å². The molecule has 0 aliphatic rings. The number of aliphatic hydroxyl groups is 1. The minimum Gasteiger partial charge on any atom is -0.394 e. The van der Waals surface area contributed by atoms with Crippen molar-refractivity contribution in [3.8, 4) is 0 Å². The fraction of sp³-hybridized carbons (Fsp3) is 1.00. The van der Waals surface area contributed by atoms with Crippen LogP contribution in [0.1, 0.15) is 46.0 Å². The number of nitrogens with one attached hydrogen (secondary N) is 1. The molecule has 0 aromatic rings. The van der Waals surface area contributed by atoms with Gasteiger partial charge >= 0.3 is 0 Å². The molecule has 0 bridgehead atoms. The molecule has 0 spiro atoms. The Bertz CT molecular complexity index is 175. The molecule has 0 aliphatic carbocycles. The van der Waals surface area contributed by atoms with Crippen LogP contribution >= 0.6 is 11.8 Å². The summed E-state index contributed by atoms with van der Waals surface area (Å²) >= 11 is 1.99. The molecule has 0 saturated heterocycles. The second kappa shape index (κ2) is 12.3. The summed E-state index contributed by atoms with van der Waals surface area (Å²) in [7, 11) is 1.75. The van der Waals surface area contributed by atoms with Crippen molar-refractivity contribution in [3.63, 3.8) is 0 Å². The van der Waals surface area contributed by atoms with Crippen LogP contribution < -0.4 is 5.32 Å². The van der Waals surface area contributed by atoms with Crippen molar-refractivity contribution in [2.24, 2.45) is 0 Å². The average molecular weight is 277 g/mol. The van der Waals surface area contributed by atoms with Crippen LogP contribution in [0.4, 0.5) is 0 Å². The van der Waals surface area contributed by atoms with E-state index >= 15 is 0 Å². The van der Waals surface area contributed by atoms with Crippen molar-refractivity contribution in [2.45, 2.75) is 51.5 Å². The standard InChI is InChI=1S/C14H31NO2S/c1-4-9-15-14(5-2,13-16)8-6-11-18-12-7-10-17-3/h15-16H,4-13H2,1-3H3. The minimum atomic E-state index is -0.0525. The molecule has 0 radical (unpaired) electrons. The normalized spacial score (nSPS) is 14.7. The van der Waals surface area contributed by atoms with Crippen LogP contribution in [-0.2, 0) is 4.74 Å². The number of hydrogen-bond acceptors (Lipinski definition) is 4. The Kier molecular flexibility index (Phi) is 12.4. The molecule has 0 aliphatic heterocycles. The van der Waals surface area contributed by atoms with Gasteiger partial charge < -0.3 is 15.2 Å². The molecule has 0 rings (SSSR count). The number of rotatable bonds is 13. The van der Waals surface area contributed by atoms with Crippen LogP contribution in [-0.4, -0.2) is 49.0 Å². The lowest BCUT2D eigenvalue weighted by Crippen LogP contribution is -2.48. The van der Waals surface area contributed by atoms with Gasteiger partial charge in [-0.15, -0.1) is 0 Å². The Labute approximate surface area is 117 Å². The van der Waals surface area contributed by atoms with Gasteiger partial charge in [-0.1, -0.05) is 13.8 Å². The summed E-state index contributed by atoms with van der Waals surface area (Å²) in [4.78, 5) is 0. The first-order valence-electron chi connectivity index (χ1n) is 7.17. The highest BCUT2D eigenvalue weighted by atomic mass is 32.2. The van der Waals surface area contributed by atoms with E-state index in [-0.39, 0.29) is 12.1 Å². The minimum absolute atomic E-state index is 0.0525. The van der Waals surface area contributed by atoms with Crippen molar-refractivity contribution in [2.75, 3.05) is 38.4 Å². The number of aliphatic hydroxyl groups excluding tert-OH is 1. The third-order valence-electron chi connectivity index (χ3n) is 3.31. The summed E-state index contributed by atoms with van der Waals surface area (Å²) < 4.78 is 5.03.